The summed E-state index contributed by atoms with van der Waals surface area (Å²) in [6.45, 7) is 0. The van der Waals surface area contributed by atoms with Gasteiger partial charge in [-0.05, 0) is 112 Å². The summed E-state index contributed by atoms with van der Waals surface area (Å²) in [7, 11) is 0. The second-order valence-electron chi connectivity index (χ2n) is 18.4. The molecule has 326 valence electrons. The highest BCUT2D eigenvalue weighted by atomic mass is 32.1. The largest absolute Gasteiger partial charge is 0.309 e. The van der Waals surface area contributed by atoms with Gasteiger partial charge in [-0.15, -0.1) is 22.7 Å². The predicted octanol–water partition coefficient (Wildman–Crippen LogP) is 19.3. The first-order valence-electron chi connectivity index (χ1n) is 23.9. The molecule has 0 aliphatic heterocycles. The fourth-order valence-corrected chi connectivity index (χ4v) is 13.5. The molecule has 0 fully saturated rings. The molecule has 0 N–H and O–H groups in total. The molecule has 2 nitrogen and oxygen atoms in total. The molecule has 15 rings (SSSR count). The van der Waals surface area contributed by atoms with Gasteiger partial charge in [-0.2, -0.15) is 0 Å². The van der Waals surface area contributed by atoms with Gasteiger partial charge in [-0.3, -0.25) is 0 Å². The van der Waals surface area contributed by atoms with Crippen LogP contribution < -0.4 is 0 Å². The van der Waals surface area contributed by atoms with Gasteiger partial charge in [0.1, 0.15) is 0 Å². The number of aromatic nitrogens is 2. The Balaban J connectivity index is 0.888. The highest BCUT2D eigenvalue weighted by molar-refractivity contribution is 7.26. The molecule has 0 amide bonds. The first-order chi connectivity index (χ1) is 34.7. The van der Waals surface area contributed by atoms with E-state index in [1.807, 2.05) is 22.7 Å². The summed E-state index contributed by atoms with van der Waals surface area (Å²) >= 11 is 3.73. The van der Waals surface area contributed by atoms with Crippen LogP contribution in [0.4, 0.5) is 0 Å². The number of benzene rings is 11. The lowest BCUT2D eigenvalue weighted by molar-refractivity contribution is 1.18. The third kappa shape index (κ3) is 6.04. The first kappa shape index (κ1) is 39.5. The smallest absolute Gasteiger partial charge is 0.0619 e. The van der Waals surface area contributed by atoms with Crippen LogP contribution in [0.15, 0.2) is 243 Å². The van der Waals surface area contributed by atoms with Gasteiger partial charge < -0.3 is 9.13 Å². The third-order valence-electron chi connectivity index (χ3n) is 14.5. The average molecular weight is 925 g/mol. The summed E-state index contributed by atoms with van der Waals surface area (Å²) in [5, 5.41) is 10.2. The molecular weight excluding hydrogens is 885 g/mol. The van der Waals surface area contributed by atoms with Crippen molar-refractivity contribution in [3.63, 3.8) is 0 Å². The monoisotopic (exact) mass is 924 g/mol. The Kier molecular flexibility index (Phi) is 8.73. The van der Waals surface area contributed by atoms with Crippen LogP contribution in [0.5, 0.6) is 0 Å². The van der Waals surface area contributed by atoms with Crippen LogP contribution in [0, 0.1) is 0 Å². The molecule has 0 aliphatic carbocycles. The fraction of sp³-hybridized carbons (Fsp3) is 0. The van der Waals surface area contributed by atoms with E-state index in [-0.39, 0.29) is 0 Å². The zero-order valence-electron chi connectivity index (χ0n) is 37.8. The lowest BCUT2D eigenvalue weighted by Gasteiger charge is -2.15. The highest BCUT2D eigenvalue weighted by Crippen LogP contribution is 2.44. The van der Waals surface area contributed by atoms with E-state index in [0.29, 0.717) is 0 Å². The van der Waals surface area contributed by atoms with Crippen molar-refractivity contribution in [1.82, 2.24) is 9.13 Å². The summed E-state index contributed by atoms with van der Waals surface area (Å²) in [6.07, 6.45) is 0. The van der Waals surface area contributed by atoms with Crippen LogP contribution in [0.3, 0.4) is 0 Å². The number of nitrogens with zero attached hydrogens (tertiary/aromatic N) is 2. The van der Waals surface area contributed by atoms with Crippen LogP contribution in [0.25, 0.3) is 140 Å². The van der Waals surface area contributed by atoms with Crippen molar-refractivity contribution in [1.29, 1.82) is 0 Å². The Morgan fingerprint density at radius 1 is 0.229 bits per heavy atom. The molecule has 0 radical (unpaired) electrons. The summed E-state index contributed by atoms with van der Waals surface area (Å²) in [5.74, 6) is 0. The van der Waals surface area contributed by atoms with Gasteiger partial charge in [0.2, 0.25) is 0 Å². The van der Waals surface area contributed by atoms with Crippen molar-refractivity contribution in [2.45, 2.75) is 0 Å². The number of para-hydroxylation sites is 4. The van der Waals surface area contributed by atoms with E-state index in [4.69, 9.17) is 0 Å². The Hall–Kier alpha value is -8.54. The average Bonchev–Trinajstić information content (AvgIpc) is 4.18. The van der Waals surface area contributed by atoms with E-state index >= 15 is 0 Å². The van der Waals surface area contributed by atoms with Crippen molar-refractivity contribution in [3.05, 3.63) is 243 Å². The Bertz CT molecular complexity index is 4320. The molecule has 0 aliphatic rings. The summed E-state index contributed by atoms with van der Waals surface area (Å²) in [4.78, 5) is 0. The van der Waals surface area contributed by atoms with Crippen molar-refractivity contribution >= 4 is 107 Å². The Labute approximate surface area is 411 Å². The standard InChI is InChI=1S/C66H40N2S2/c1-5-28-59-51(20-1)55-26-12-24-49(65(55)67(59)47-18-10-14-41(37-47)43-32-34-63-57(39-43)53-22-3-7-30-61(53)69-63)45-16-9-17-46(36-45)50-25-13-27-56-52-21-2-6-29-60(52)68(66(50)56)48-19-11-15-42(38-48)44-33-35-64-58(40-44)54-23-4-8-31-62(54)70-64/h1-40H. The van der Waals surface area contributed by atoms with Gasteiger partial charge in [0, 0.05) is 84.4 Å². The van der Waals surface area contributed by atoms with Crippen LogP contribution in [0.1, 0.15) is 0 Å². The van der Waals surface area contributed by atoms with E-state index in [2.05, 4.69) is 252 Å². The third-order valence-corrected chi connectivity index (χ3v) is 16.8. The summed E-state index contributed by atoms with van der Waals surface area (Å²) < 4.78 is 10.3. The number of fused-ring (bicyclic) bond motifs is 12. The fourth-order valence-electron chi connectivity index (χ4n) is 11.4. The quantitative estimate of drug-likeness (QED) is 0.157. The molecule has 0 saturated heterocycles. The second-order valence-corrected chi connectivity index (χ2v) is 20.6. The predicted molar refractivity (Wildman–Crippen MR) is 303 cm³/mol. The molecule has 11 aromatic carbocycles. The van der Waals surface area contributed by atoms with Crippen molar-refractivity contribution in [3.8, 4) is 55.9 Å². The minimum absolute atomic E-state index is 1.14. The Morgan fingerprint density at radius 2 is 0.600 bits per heavy atom. The van der Waals surface area contributed by atoms with E-state index < -0.39 is 0 Å². The lowest BCUT2D eigenvalue weighted by atomic mass is 9.96. The maximum atomic E-state index is 2.48. The van der Waals surface area contributed by atoms with E-state index in [1.165, 1.54) is 128 Å². The van der Waals surface area contributed by atoms with Crippen LogP contribution in [0.2, 0.25) is 0 Å². The zero-order valence-corrected chi connectivity index (χ0v) is 39.4. The SMILES string of the molecule is c1cc(-c2cccc3c4ccccc4n(-c4cccc(-c5ccc6sc7ccccc7c6c5)c4)c23)cc(-c2cccc3c4ccccc4n(-c4cccc(-c5ccc6sc7ccccc7c6c5)c4)c23)c1. The van der Waals surface area contributed by atoms with Gasteiger partial charge in [-0.1, -0.05) is 164 Å². The summed E-state index contributed by atoms with van der Waals surface area (Å²) in [5.41, 5.74) is 16.7. The molecule has 4 heterocycles. The van der Waals surface area contributed by atoms with Crippen LogP contribution in [-0.4, -0.2) is 9.13 Å². The van der Waals surface area contributed by atoms with Gasteiger partial charge in [0.05, 0.1) is 22.1 Å². The molecule has 0 spiro atoms. The molecule has 0 bridgehead atoms. The molecular formula is C66H40N2S2. The Morgan fingerprint density at radius 3 is 1.10 bits per heavy atom. The molecule has 0 unspecified atom stereocenters. The maximum absolute atomic E-state index is 2.48. The van der Waals surface area contributed by atoms with Gasteiger partial charge >= 0.3 is 0 Å². The normalized spacial score (nSPS) is 12.0. The number of rotatable bonds is 6. The van der Waals surface area contributed by atoms with Gasteiger partial charge in [-0.25, -0.2) is 0 Å². The van der Waals surface area contributed by atoms with Crippen LogP contribution in [-0.2, 0) is 0 Å². The number of thiophene rings is 2. The number of hydrogen-bond donors (Lipinski definition) is 0. The van der Waals surface area contributed by atoms with Gasteiger partial charge in [0.25, 0.3) is 0 Å². The molecule has 0 saturated carbocycles. The highest BCUT2D eigenvalue weighted by Gasteiger charge is 2.20. The minimum Gasteiger partial charge on any atom is -0.309 e. The first-order valence-corrected chi connectivity index (χ1v) is 25.5. The molecule has 15 aromatic rings. The van der Waals surface area contributed by atoms with E-state index in [1.54, 1.807) is 0 Å². The van der Waals surface area contributed by atoms with E-state index in [0.717, 1.165) is 11.4 Å². The maximum Gasteiger partial charge on any atom is 0.0619 e. The molecule has 70 heavy (non-hydrogen) atoms. The van der Waals surface area contributed by atoms with Gasteiger partial charge in [0.15, 0.2) is 0 Å². The molecule has 4 heteroatoms. The van der Waals surface area contributed by atoms with Crippen molar-refractivity contribution < 1.29 is 0 Å². The number of hydrogen-bond acceptors (Lipinski definition) is 2. The second kappa shape index (κ2) is 15.5. The van der Waals surface area contributed by atoms with E-state index in [9.17, 15) is 0 Å². The van der Waals surface area contributed by atoms with Crippen LogP contribution >= 0.6 is 22.7 Å². The van der Waals surface area contributed by atoms with Crippen molar-refractivity contribution in [2.75, 3.05) is 0 Å². The zero-order chi connectivity index (χ0) is 45.9. The topological polar surface area (TPSA) is 9.86 Å². The lowest BCUT2D eigenvalue weighted by Crippen LogP contribution is -1.97. The summed E-state index contributed by atoms with van der Waals surface area (Å²) in [6, 6.07) is 90.1. The van der Waals surface area contributed by atoms with Crippen molar-refractivity contribution in [2.24, 2.45) is 0 Å². The molecule has 0 atom stereocenters. The minimum atomic E-state index is 1.14. The molecule has 4 aromatic heterocycles.